The second kappa shape index (κ2) is 4.51. The first-order valence-electron chi connectivity index (χ1n) is 3.02. The fourth-order valence-corrected chi connectivity index (χ4v) is 0.773. The Balaban J connectivity index is 0.000000810. The van der Waals surface area contributed by atoms with Gasteiger partial charge in [0.1, 0.15) is 0 Å². The van der Waals surface area contributed by atoms with Gasteiger partial charge in [0.25, 0.3) is 0 Å². The van der Waals surface area contributed by atoms with Gasteiger partial charge in [-0.15, -0.1) is 0 Å². The summed E-state index contributed by atoms with van der Waals surface area (Å²) in [5, 5.41) is 0. The molecule has 0 N–H and O–H groups in total. The van der Waals surface area contributed by atoms with E-state index in [1.54, 1.807) is 0 Å². The zero-order chi connectivity index (χ0) is 6.69. The van der Waals surface area contributed by atoms with Crippen molar-refractivity contribution in [2.45, 2.75) is 0 Å². The van der Waals surface area contributed by atoms with Crippen molar-refractivity contribution in [3.63, 3.8) is 0 Å². The van der Waals surface area contributed by atoms with Crippen molar-refractivity contribution in [3.05, 3.63) is 36.1 Å². The van der Waals surface area contributed by atoms with Gasteiger partial charge in [0.2, 0.25) is 0 Å². The largest absolute Gasteiger partial charge is 0.383 e. The second-order valence-corrected chi connectivity index (χ2v) is 2.31. The van der Waals surface area contributed by atoms with Gasteiger partial charge < -0.3 is 4.90 Å². The van der Waals surface area contributed by atoms with Crippen molar-refractivity contribution >= 4 is 0 Å². The summed E-state index contributed by atoms with van der Waals surface area (Å²) < 4.78 is 0. The van der Waals surface area contributed by atoms with Gasteiger partial charge in [-0.25, -0.2) is 0 Å². The predicted molar refractivity (Wildman–Crippen MR) is 40.1 cm³/mol. The van der Waals surface area contributed by atoms with Crippen molar-refractivity contribution in [1.29, 1.82) is 0 Å². The molecule has 0 atom stereocenters. The Morgan fingerprint density at radius 3 is 2.10 bits per heavy atom. The first kappa shape index (κ1) is 9.71. The maximum atomic E-state index is 2.08. The second-order valence-electron chi connectivity index (χ2n) is 2.31. The van der Waals surface area contributed by atoms with Gasteiger partial charge in [-0.1, -0.05) is 24.3 Å². The molecule has 0 saturated carbocycles. The summed E-state index contributed by atoms with van der Waals surface area (Å²) in [7, 11) is 4.04. The van der Waals surface area contributed by atoms with E-state index < -0.39 is 0 Å². The summed E-state index contributed by atoms with van der Waals surface area (Å²) >= 11 is 0. The average molecular weight is 305 g/mol. The summed E-state index contributed by atoms with van der Waals surface area (Å²) in [5.41, 5.74) is 1.26. The Morgan fingerprint density at radius 2 is 1.70 bits per heavy atom. The molecule has 0 spiro atoms. The van der Waals surface area contributed by atoms with E-state index in [0.29, 0.717) is 0 Å². The van der Waals surface area contributed by atoms with Crippen molar-refractivity contribution in [3.8, 4) is 0 Å². The molecule has 1 nitrogen and oxygen atoms in total. The van der Waals surface area contributed by atoms with Gasteiger partial charge in [-0.2, -0.15) is 0 Å². The van der Waals surface area contributed by atoms with Crippen LogP contribution in [0.1, 0.15) is 0 Å². The summed E-state index contributed by atoms with van der Waals surface area (Å²) in [5.74, 6) is 0. The van der Waals surface area contributed by atoms with Crippen LogP contribution in [0.2, 0.25) is 0 Å². The summed E-state index contributed by atoms with van der Waals surface area (Å²) in [6, 6.07) is 0. The third kappa shape index (κ3) is 3.03. The molecule has 1 rings (SSSR count). The summed E-state index contributed by atoms with van der Waals surface area (Å²) in [6.07, 6.45) is 10.3. The number of rotatable bonds is 1. The first-order chi connectivity index (χ1) is 4.29. The van der Waals surface area contributed by atoms with E-state index in [1.807, 2.05) is 31.1 Å². The predicted octanol–water partition coefficient (Wildman–Crippen LogP) is 1.56. The Morgan fingerprint density at radius 1 is 1.20 bits per heavy atom. The van der Waals surface area contributed by atoms with Crippen LogP contribution in [0, 0.1) is 0 Å². The van der Waals surface area contributed by atoms with Gasteiger partial charge >= 0.3 is 0 Å². The number of hydrogen-bond acceptors (Lipinski definition) is 1. The van der Waals surface area contributed by atoms with Crippen LogP contribution in [0.5, 0.6) is 0 Å². The van der Waals surface area contributed by atoms with Gasteiger partial charge in [0.05, 0.1) is 0 Å². The van der Waals surface area contributed by atoms with Crippen molar-refractivity contribution < 1.29 is 21.1 Å². The molecular weight excluding hydrogens is 294 g/mol. The molecule has 0 heterocycles. The quantitative estimate of drug-likeness (QED) is 0.710. The zero-order valence-electron chi connectivity index (χ0n) is 6.24. The van der Waals surface area contributed by atoms with Gasteiger partial charge in [0, 0.05) is 41.4 Å². The third-order valence-corrected chi connectivity index (χ3v) is 1.10. The maximum Gasteiger partial charge on any atom is 0.00586 e. The van der Waals surface area contributed by atoms with Crippen molar-refractivity contribution in [2.24, 2.45) is 0 Å². The number of nitrogens with zero attached hydrogens (tertiary/aromatic N) is 1. The van der Waals surface area contributed by atoms with E-state index in [4.69, 9.17) is 0 Å². The molecule has 0 aromatic rings. The van der Waals surface area contributed by atoms with Crippen LogP contribution in [-0.2, 0) is 21.1 Å². The van der Waals surface area contributed by atoms with Crippen LogP contribution in [0.4, 0.5) is 0 Å². The molecule has 54 valence electrons. The minimum atomic E-state index is 0. The molecule has 0 bridgehead atoms. The fourth-order valence-electron chi connectivity index (χ4n) is 0.773. The Hall–Kier alpha value is -0.292. The molecule has 0 amide bonds. The van der Waals surface area contributed by atoms with Crippen LogP contribution in [0.25, 0.3) is 0 Å². The SMILES string of the molecule is CN(C)C=C1C=CC=C1.[W]. The monoisotopic (exact) mass is 305 g/mol. The zero-order valence-corrected chi connectivity index (χ0v) is 9.18. The fraction of sp³-hybridized carbons (Fsp3) is 0.250. The third-order valence-electron chi connectivity index (χ3n) is 1.10. The molecule has 0 aromatic carbocycles. The first-order valence-corrected chi connectivity index (χ1v) is 3.02. The summed E-state index contributed by atoms with van der Waals surface area (Å²) in [4.78, 5) is 2.04. The molecule has 2 heteroatoms. The Kier molecular flexibility index (Phi) is 4.38. The minimum absolute atomic E-state index is 0. The molecule has 0 fully saturated rings. The molecular formula is C8H11NW. The van der Waals surface area contributed by atoms with Crippen LogP contribution < -0.4 is 0 Å². The molecule has 10 heavy (non-hydrogen) atoms. The average Bonchev–Trinajstić information content (AvgIpc) is 2.15. The van der Waals surface area contributed by atoms with Crippen molar-refractivity contribution in [2.75, 3.05) is 14.1 Å². The molecule has 0 aliphatic heterocycles. The number of hydrogen-bond donors (Lipinski definition) is 0. The van der Waals surface area contributed by atoms with E-state index in [1.165, 1.54) is 5.57 Å². The van der Waals surface area contributed by atoms with E-state index >= 15 is 0 Å². The molecule has 0 aromatic heterocycles. The molecule has 1 aliphatic rings. The Labute approximate surface area is 76.4 Å². The van der Waals surface area contributed by atoms with E-state index in [0.717, 1.165) is 0 Å². The Bertz CT molecular complexity index is 164. The van der Waals surface area contributed by atoms with Gasteiger partial charge in [-0.05, 0) is 5.57 Å². The standard InChI is InChI=1S/C8H11N.W/c1-9(2)7-8-5-3-4-6-8;/h3-7H,1-2H3;. The minimum Gasteiger partial charge on any atom is -0.383 e. The molecule has 0 radical (unpaired) electrons. The maximum absolute atomic E-state index is 2.08. The summed E-state index contributed by atoms with van der Waals surface area (Å²) in [6.45, 7) is 0. The van der Waals surface area contributed by atoms with Crippen LogP contribution >= 0.6 is 0 Å². The molecule has 0 unspecified atom stereocenters. The van der Waals surface area contributed by atoms with E-state index in [9.17, 15) is 0 Å². The van der Waals surface area contributed by atoms with Crippen LogP contribution in [0.3, 0.4) is 0 Å². The van der Waals surface area contributed by atoms with Crippen LogP contribution in [-0.4, -0.2) is 19.0 Å². The smallest absolute Gasteiger partial charge is 0.00586 e. The van der Waals surface area contributed by atoms with Gasteiger partial charge in [0.15, 0.2) is 0 Å². The molecule has 0 saturated heterocycles. The van der Waals surface area contributed by atoms with Crippen LogP contribution in [0.15, 0.2) is 36.1 Å². The van der Waals surface area contributed by atoms with E-state index in [2.05, 4.69) is 18.4 Å². The normalized spacial score (nSPS) is 13.2. The number of allylic oxidation sites excluding steroid dienone is 5. The molecule has 1 aliphatic carbocycles. The van der Waals surface area contributed by atoms with Gasteiger partial charge in [-0.3, -0.25) is 0 Å². The topological polar surface area (TPSA) is 3.24 Å². The van der Waals surface area contributed by atoms with Crippen molar-refractivity contribution in [1.82, 2.24) is 4.90 Å². The van der Waals surface area contributed by atoms with E-state index in [-0.39, 0.29) is 21.1 Å².